The van der Waals surface area contributed by atoms with Gasteiger partial charge < -0.3 is 40.9 Å². The number of terminal acetylenes is 1. The van der Waals surface area contributed by atoms with E-state index in [1.807, 2.05) is 5.92 Å². The third-order valence-corrected chi connectivity index (χ3v) is 7.42. The highest BCUT2D eigenvalue weighted by molar-refractivity contribution is 7.66. The number of nitrogens with zero attached hydrogens (tertiary/aromatic N) is 3. The fourth-order valence-electron chi connectivity index (χ4n) is 2.38. The molecular formula is C10H16N5O13P3. The number of aliphatic hydroxyl groups is 1. The van der Waals surface area contributed by atoms with Crippen molar-refractivity contribution in [2.45, 2.75) is 24.0 Å². The second-order valence-electron chi connectivity index (χ2n) is 5.84. The van der Waals surface area contributed by atoms with Crippen molar-refractivity contribution < 1.29 is 56.3 Å². The Morgan fingerprint density at radius 3 is 2.39 bits per heavy atom. The zero-order chi connectivity index (χ0) is 23.8. The van der Waals surface area contributed by atoms with Crippen molar-refractivity contribution in [1.82, 2.24) is 14.5 Å². The molecule has 2 heterocycles. The Morgan fingerprint density at radius 2 is 1.87 bits per heavy atom. The number of aliphatic hydroxyl groups excluding tert-OH is 1. The number of ether oxygens (including phenoxy) is 1. The Hall–Kier alpha value is -1.54. The van der Waals surface area contributed by atoms with E-state index < -0.39 is 59.7 Å². The summed E-state index contributed by atoms with van der Waals surface area (Å²) in [7, 11) is -16.8. The van der Waals surface area contributed by atoms with Crippen LogP contribution in [0.4, 0.5) is 5.95 Å². The summed E-state index contributed by atoms with van der Waals surface area (Å²) in [5, 5.41) is 10.4. The van der Waals surface area contributed by atoms with Gasteiger partial charge in [-0.3, -0.25) is 9.09 Å². The molecule has 0 aliphatic carbocycles. The van der Waals surface area contributed by atoms with Crippen LogP contribution in [-0.2, 0) is 31.6 Å². The van der Waals surface area contributed by atoms with Gasteiger partial charge in [0.15, 0.2) is 11.8 Å². The van der Waals surface area contributed by atoms with Crippen molar-refractivity contribution in [3.05, 3.63) is 16.8 Å². The van der Waals surface area contributed by atoms with Crippen LogP contribution in [0.5, 0.6) is 0 Å². The maximum atomic E-state index is 12.0. The van der Waals surface area contributed by atoms with Gasteiger partial charge in [-0.05, 0) is 0 Å². The topological polar surface area (TPSA) is 289 Å². The summed E-state index contributed by atoms with van der Waals surface area (Å²) in [5.41, 5.74) is 8.08. The third-order valence-electron chi connectivity index (χ3n) is 3.62. The van der Waals surface area contributed by atoms with Gasteiger partial charge in [0, 0.05) is 0 Å². The minimum Gasteiger partial charge on any atom is -0.387 e. The number of anilines is 1. The molecule has 174 valence electrons. The Kier molecular flexibility index (Phi) is 7.28. The average molecular weight is 507 g/mol. The molecule has 1 saturated heterocycles. The van der Waals surface area contributed by atoms with Crippen molar-refractivity contribution in [3.8, 4) is 12.3 Å². The Bertz CT molecular complexity index is 1080. The molecule has 0 bridgehead atoms. The zero-order valence-electron chi connectivity index (χ0n) is 14.9. The summed E-state index contributed by atoms with van der Waals surface area (Å²) in [6, 6.07) is 0. The van der Waals surface area contributed by atoms with E-state index >= 15 is 0 Å². The molecule has 1 aromatic heterocycles. The van der Waals surface area contributed by atoms with E-state index in [4.69, 9.17) is 37.3 Å². The molecule has 1 aromatic rings. The fourth-order valence-corrected chi connectivity index (χ4v) is 5.41. The van der Waals surface area contributed by atoms with E-state index in [-0.39, 0.29) is 5.95 Å². The molecule has 0 radical (unpaired) electrons. The Morgan fingerprint density at radius 1 is 1.26 bits per heavy atom. The largest absolute Gasteiger partial charge is 0.490 e. The van der Waals surface area contributed by atoms with Crippen LogP contribution in [0, 0.1) is 12.3 Å². The van der Waals surface area contributed by atoms with E-state index in [9.17, 15) is 28.5 Å². The van der Waals surface area contributed by atoms with Crippen LogP contribution in [0.15, 0.2) is 11.1 Å². The first-order chi connectivity index (χ1) is 14.0. The lowest BCUT2D eigenvalue weighted by Crippen LogP contribution is -2.55. The standard InChI is InChI=1S/C10H16N5O13P3/c1-2-10(12)6(16)5(26-7(10)15-4-13-8(11)14-9(15)17)3-25-30(21,22)28-31(23,24)27-29(18,19)20/h1,4-7,16H,3,12H2,(H,21,22)(H,23,24)(H2,11,14,17)(H2,18,19,20)/t5-,6?,7-,10?/m1/s1. The molecule has 2 rings (SSSR count). The Labute approximate surface area is 172 Å². The molecule has 0 amide bonds. The first-order valence-electron chi connectivity index (χ1n) is 7.59. The van der Waals surface area contributed by atoms with Crippen molar-refractivity contribution in [3.63, 3.8) is 0 Å². The van der Waals surface area contributed by atoms with Gasteiger partial charge in [-0.1, -0.05) is 5.92 Å². The van der Waals surface area contributed by atoms with Crippen molar-refractivity contribution in [1.29, 1.82) is 0 Å². The number of aromatic nitrogens is 3. The quantitative estimate of drug-likeness (QED) is 0.138. The van der Waals surface area contributed by atoms with E-state index in [0.717, 1.165) is 6.33 Å². The first-order valence-corrected chi connectivity index (χ1v) is 12.1. The average Bonchev–Trinajstić information content (AvgIpc) is 2.82. The second-order valence-corrected chi connectivity index (χ2v) is 10.3. The summed E-state index contributed by atoms with van der Waals surface area (Å²) < 4.78 is 51.2. The SMILES string of the molecule is C#CC1(N)C(O)[C@@H](COP(=O)(O)OP(=O)(O)OP(=O)(O)O)O[C@H]1n1cnc(N)nc1=O. The highest BCUT2D eigenvalue weighted by Gasteiger charge is 2.55. The van der Waals surface area contributed by atoms with E-state index in [1.54, 1.807) is 0 Å². The van der Waals surface area contributed by atoms with E-state index in [2.05, 4.69) is 23.1 Å². The molecule has 0 aromatic carbocycles. The van der Waals surface area contributed by atoms with Gasteiger partial charge in [0.2, 0.25) is 5.95 Å². The van der Waals surface area contributed by atoms with E-state index in [1.165, 1.54) is 0 Å². The van der Waals surface area contributed by atoms with E-state index in [0.29, 0.717) is 4.57 Å². The molecule has 21 heteroatoms. The number of phosphoric ester groups is 1. The molecule has 1 aliphatic rings. The van der Waals surface area contributed by atoms with Gasteiger partial charge in [-0.15, -0.1) is 6.42 Å². The molecule has 0 saturated carbocycles. The summed E-state index contributed by atoms with van der Waals surface area (Å²) in [6.45, 7) is -1.06. The smallest absolute Gasteiger partial charge is 0.387 e. The van der Waals surface area contributed by atoms with Gasteiger partial charge in [0.1, 0.15) is 18.5 Å². The molecular weight excluding hydrogens is 491 g/mol. The number of phosphoric acid groups is 3. The van der Waals surface area contributed by atoms with Crippen LogP contribution in [0.2, 0.25) is 0 Å². The summed E-state index contributed by atoms with van der Waals surface area (Å²) >= 11 is 0. The lowest BCUT2D eigenvalue weighted by molar-refractivity contribution is -0.0471. The van der Waals surface area contributed by atoms with Crippen LogP contribution < -0.4 is 17.2 Å². The third kappa shape index (κ3) is 6.25. The van der Waals surface area contributed by atoms with Gasteiger partial charge >= 0.3 is 29.2 Å². The molecule has 18 nitrogen and oxygen atoms in total. The predicted molar refractivity (Wildman–Crippen MR) is 96.2 cm³/mol. The number of hydrogen-bond acceptors (Lipinski definition) is 13. The predicted octanol–water partition coefficient (Wildman–Crippen LogP) is -2.85. The minimum absolute atomic E-state index is 0.382. The summed E-state index contributed by atoms with van der Waals surface area (Å²) in [6.07, 6.45) is 1.15. The van der Waals surface area contributed by atoms with Crippen molar-refractivity contribution in [2.75, 3.05) is 12.3 Å². The first kappa shape index (κ1) is 25.7. The molecule has 1 fully saturated rings. The van der Waals surface area contributed by atoms with Gasteiger partial charge in [-0.2, -0.15) is 13.6 Å². The van der Waals surface area contributed by atoms with Crippen molar-refractivity contribution >= 4 is 29.4 Å². The summed E-state index contributed by atoms with van der Waals surface area (Å²) in [5.74, 6) is 1.64. The maximum Gasteiger partial charge on any atom is 0.490 e. The lowest BCUT2D eigenvalue weighted by atomic mass is 9.92. The van der Waals surface area contributed by atoms with Gasteiger partial charge in [0.25, 0.3) is 0 Å². The van der Waals surface area contributed by atoms with Crippen LogP contribution in [-0.4, -0.2) is 63.6 Å². The normalized spacial score (nSPS) is 30.3. The van der Waals surface area contributed by atoms with Crippen LogP contribution in [0.25, 0.3) is 0 Å². The molecule has 0 spiro atoms. The van der Waals surface area contributed by atoms with Crippen LogP contribution >= 0.6 is 23.5 Å². The second kappa shape index (κ2) is 8.77. The monoisotopic (exact) mass is 507 g/mol. The molecule has 9 N–H and O–H groups in total. The number of nitrogen functional groups attached to an aromatic ring is 1. The number of rotatable bonds is 8. The lowest BCUT2D eigenvalue weighted by Gasteiger charge is -2.27. The maximum absolute atomic E-state index is 12.0. The molecule has 4 unspecified atom stereocenters. The van der Waals surface area contributed by atoms with Crippen LogP contribution in [0.1, 0.15) is 6.23 Å². The molecule has 6 atom stereocenters. The molecule has 1 aliphatic heterocycles. The zero-order valence-corrected chi connectivity index (χ0v) is 17.6. The highest BCUT2D eigenvalue weighted by atomic mass is 31.3. The van der Waals surface area contributed by atoms with Gasteiger partial charge in [0.05, 0.1) is 6.61 Å². The van der Waals surface area contributed by atoms with Gasteiger partial charge in [-0.25, -0.2) is 23.5 Å². The Balaban J connectivity index is 2.18. The minimum atomic E-state index is -5.75. The van der Waals surface area contributed by atoms with Crippen molar-refractivity contribution in [2.24, 2.45) is 5.73 Å². The summed E-state index contributed by atoms with van der Waals surface area (Å²) in [4.78, 5) is 54.5. The number of hydrogen-bond donors (Lipinski definition) is 7. The molecule has 31 heavy (non-hydrogen) atoms. The fraction of sp³-hybridized carbons (Fsp3) is 0.500. The number of nitrogens with two attached hydrogens (primary N) is 2. The highest BCUT2D eigenvalue weighted by Crippen LogP contribution is 2.66. The van der Waals surface area contributed by atoms with Crippen LogP contribution in [0.3, 0.4) is 0 Å².